The first-order chi connectivity index (χ1) is 15.0. The summed E-state index contributed by atoms with van der Waals surface area (Å²) < 4.78 is 41.3. The Hall–Kier alpha value is -2.78. The van der Waals surface area contributed by atoms with Crippen molar-refractivity contribution in [1.82, 2.24) is 9.80 Å². The smallest absolute Gasteiger partial charge is 0.508 e. The number of likely N-dealkylation sites (tertiary alicyclic amines) is 1. The maximum Gasteiger partial charge on any atom is 0.573 e. The number of phenols is 1. The summed E-state index contributed by atoms with van der Waals surface area (Å²) in [5, 5.41) is 21.4. The zero-order valence-electron chi connectivity index (χ0n) is 18.0. The van der Waals surface area contributed by atoms with Crippen molar-refractivity contribution in [3.05, 3.63) is 59.7 Å². The van der Waals surface area contributed by atoms with Crippen molar-refractivity contribution in [2.75, 3.05) is 33.7 Å². The van der Waals surface area contributed by atoms with Gasteiger partial charge in [0.1, 0.15) is 11.5 Å². The second-order valence-electron chi connectivity index (χ2n) is 8.40. The van der Waals surface area contributed by atoms with Gasteiger partial charge in [0.2, 0.25) is 5.91 Å². The third-order valence-electron chi connectivity index (χ3n) is 5.65. The van der Waals surface area contributed by atoms with Crippen molar-refractivity contribution in [2.24, 2.45) is 5.92 Å². The minimum atomic E-state index is -4.80. The number of benzene rings is 2. The number of piperidine rings is 1. The molecule has 2 aromatic carbocycles. The monoisotopic (exact) mass is 452 g/mol. The molecule has 0 saturated carbocycles. The van der Waals surface area contributed by atoms with Crippen LogP contribution in [0.25, 0.3) is 0 Å². The molecule has 6 nitrogen and oxygen atoms in total. The number of hydrogen-bond donors (Lipinski definition) is 2. The van der Waals surface area contributed by atoms with Crippen LogP contribution in [0.4, 0.5) is 13.2 Å². The highest BCUT2D eigenvalue weighted by Crippen LogP contribution is 2.39. The maximum atomic E-state index is 12.9. The van der Waals surface area contributed by atoms with Gasteiger partial charge in [-0.25, -0.2) is 0 Å². The molecule has 32 heavy (non-hydrogen) atoms. The van der Waals surface area contributed by atoms with Crippen LogP contribution < -0.4 is 4.74 Å². The zero-order chi connectivity index (χ0) is 23.5. The normalized spacial score (nSPS) is 21.6. The van der Waals surface area contributed by atoms with Gasteiger partial charge in [-0.3, -0.25) is 4.79 Å². The lowest BCUT2D eigenvalue weighted by molar-refractivity contribution is -0.274. The Balaban J connectivity index is 1.75. The van der Waals surface area contributed by atoms with Gasteiger partial charge in [-0.2, -0.15) is 0 Å². The maximum absolute atomic E-state index is 12.9. The van der Waals surface area contributed by atoms with Crippen molar-refractivity contribution < 1.29 is 32.9 Å². The number of rotatable bonds is 6. The van der Waals surface area contributed by atoms with E-state index in [0.29, 0.717) is 17.7 Å². The molecule has 1 amide bonds. The number of aliphatic hydroxyl groups is 1. The number of carbonyl (C=O) groups is 1. The van der Waals surface area contributed by atoms with Crippen LogP contribution in [0.5, 0.6) is 11.5 Å². The predicted octanol–water partition coefficient (Wildman–Crippen LogP) is 3.13. The first-order valence-corrected chi connectivity index (χ1v) is 10.3. The topological polar surface area (TPSA) is 73.2 Å². The van der Waals surface area contributed by atoms with E-state index in [9.17, 15) is 28.2 Å². The summed E-state index contributed by atoms with van der Waals surface area (Å²) in [5.74, 6) is -0.878. The molecule has 1 saturated heterocycles. The molecule has 3 rings (SSSR count). The number of nitrogens with zero attached hydrogens (tertiary/aromatic N) is 2. The minimum Gasteiger partial charge on any atom is -0.508 e. The van der Waals surface area contributed by atoms with E-state index >= 15 is 0 Å². The summed E-state index contributed by atoms with van der Waals surface area (Å²) in [4.78, 5) is 16.5. The molecule has 0 aliphatic carbocycles. The average Bonchev–Trinajstić information content (AvgIpc) is 2.68. The molecular formula is C23H27F3N2O4. The van der Waals surface area contributed by atoms with E-state index in [2.05, 4.69) is 4.74 Å². The van der Waals surface area contributed by atoms with Gasteiger partial charge in [-0.1, -0.05) is 24.3 Å². The third kappa shape index (κ3) is 5.92. The molecule has 2 N–H and O–H groups in total. The number of alkyl halides is 3. The summed E-state index contributed by atoms with van der Waals surface area (Å²) >= 11 is 0. The third-order valence-corrected chi connectivity index (χ3v) is 5.65. The molecule has 1 heterocycles. The first kappa shape index (κ1) is 23.9. The van der Waals surface area contributed by atoms with E-state index in [0.717, 1.165) is 0 Å². The van der Waals surface area contributed by atoms with E-state index in [4.69, 9.17) is 0 Å². The van der Waals surface area contributed by atoms with Crippen molar-refractivity contribution >= 4 is 5.91 Å². The highest BCUT2D eigenvalue weighted by atomic mass is 19.4. The fourth-order valence-corrected chi connectivity index (χ4v) is 4.19. The van der Waals surface area contributed by atoms with Crippen LogP contribution in [0, 0.1) is 5.92 Å². The van der Waals surface area contributed by atoms with Crippen molar-refractivity contribution in [3.63, 3.8) is 0 Å². The lowest BCUT2D eigenvalue weighted by atomic mass is 9.75. The number of ether oxygens (including phenoxy) is 1. The quantitative estimate of drug-likeness (QED) is 0.705. The van der Waals surface area contributed by atoms with Gasteiger partial charge in [0.15, 0.2) is 0 Å². The van der Waals surface area contributed by atoms with Crippen LogP contribution in [0.1, 0.15) is 17.5 Å². The van der Waals surface area contributed by atoms with Gasteiger partial charge >= 0.3 is 6.36 Å². The van der Waals surface area contributed by atoms with E-state index in [1.165, 1.54) is 30.3 Å². The van der Waals surface area contributed by atoms with Crippen LogP contribution in [-0.2, 0) is 16.8 Å². The lowest BCUT2D eigenvalue weighted by Crippen LogP contribution is -2.54. The average molecular weight is 452 g/mol. The first-order valence-electron chi connectivity index (χ1n) is 10.3. The Morgan fingerprint density at radius 2 is 1.94 bits per heavy atom. The molecule has 0 bridgehead atoms. The molecule has 174 valence electrons. The number of carbonyl (C=O) groups excluding carboxylic acids is 1. The Labute approximate surface area is 184 Å². The molecule has 0 spiro atoms. The fourth-order valence-electron chi connectivity index (χ4n) is 4.19. The SMILES string of the molecule is CN(C)CC1CN(C(=O)Cc2cccc(OC(F)(F)F)c2)CCC1(O)c1cccc(O)c1. The summed E-state index contributed by atoms with van der Waals surface area (Å²) in [7, 11) is 3.74. The molecule has 1 fully saturated rings. The molecule has 1 aliphatic heterocycles. The summed E-state index contributed by atoms with van der Waals surface area (Å²) in [6.07, 6.45) is -4.60. The summed E-state index contributed by atoms with van der Waals surface area (Å²) in [6.45, 7) is 1.07. The van der Waals surface area contributed by atoms with Gasteiger partial charge < -0.3 is 24.7 Å². The fraction of sp³-hybridized carbons (Fsp3) is 0.435. The van der Waals surface area contributed by atoms with Crippen LogP contribution in [-0.4, -0.2) is 66.0 Å². The lowest BCUT2D eigenvalue weighted by Gasteiger charge is -2.46. The van der Waals surface area contributed by atoms with Crippen molar-refractivity contribution in [2.45, 2.75) is 24.8 Å². The van der Waals surface area contributed by atoms with Crippen LogP contribution in [0.15, 0.2) is 48.5 Å². The second kappa shape index (κ2) is 9.38. The highest BCUT2D eigenvalue weighted by Gasteiger charge is 2.44. The Morgan fingerprint density at radius 3 is 2.59 bits per heavy atom. The molecule has 0 aromatic heterocycles. The van der Waals surface area contributed by atoms with E-state index in [1.807, 2.05) is 19.0 Å². The van der Waals surface area contributed by atoms with Gasteiger partial charge in [0.25, 0.3) is 0 Å². The second-order valence-corrected chi connectivity index (χ2v) is 8.40. The van der Waals surface area contributed by atoms with Gasteiger partial charge in [0.05, 0.1) is 12.0 Å². The number of halogens is 3. The number of amides is 1. The van der Waals surface area contributed by atoms with Crippen LogP contribution in [0.3, 0.4) is 0 Å². The van der Waals surface area contributed by atoms with Gasteiger partial charge in [0, 0.05) is 25.6 Å². The zero-order valence-corrected chi connectivity index (χ0v) is 18.0. The predicted molar refractivity (Wildman–Crippen MR) is 112 cm³/mol. The minimum absolute atomic E-state index is 0.0546. The molecular weight excluding hydrogens is 425 g/mol. The van der Waals surface area contributed by atoms with E-state index in [1.54, 1.807) is 23.1 Å². The molecule has 2 aromatic rings. The molecule has 2 unspecified atom stereocenters. The van der Waals surface area contributed by atoms with E-state index in [-0.39, 0.29) is 49.3 Å². The van der Waals surface area contributed by atoms with Gasteiger partial charge in [-0.05, 0) is 55.9 Å². The standard InChI is InChI=1S/C23H27F3N2O4/c1-27(2)14-18-15-28(10-9-22(18,31)17-6-4-7-19(29)13-17)21(30)12-16-5-3-8-20(11-16)32-23(24,25)26/h3-8,11,13,18,29,31H,9-10,12,14-15H2,1-2H3. The number of aromatic hydroxyl groups is 1. The molecule has 9 heteroatoms. The molecule has 0 radical (unpaired) electrons. The largest absolute Gasteiger partial charge is 0.573 e. The van der Waals surface area contributed by atoms with Crippen LogP contribution >= 0.6 is 0 Å². The van der Waals surface area contributed by atoms with Gasteiger partial charge in [-0.15, -0.1) is 13.2 Å². The number of hydrogen-bond acceptors (Lipinski definition) is 5. The Kier molecular flexibility index (Phi) is 7.00. The summed E-state index contributed by atoms with van der Waals surface area (Å²) in [5.41, 5.74) is -0.219. The van der Waals surface area contributed by atoms with Crippen LogP contribution in [0.2, 0.25) is 0 Å². The molecule has 2 atom stereocenters. The summed E-state index contributed by atoms with van der Waals surface area (Å²) in [6, 6.07) is 11.9. The molecule has 1 aliphatic rings. The van der Waals surface area contributed by atoms with Crippen molar-refractivity contribution in [3.8, 4) is 11.5 Å². The highest BCUT2D eigenvalue weighted by molar-refractivity contribution is 5.79. The Morgan fingerprint density at radius 1 is 1.22 bits per heavy atom. The Bertz CT molecular complexity index is 951. The van der Waals surface area contributed by atoms with E-state index < -0.39 is 12.0 Å². The number of phenolic OH excluding ortho intramolecular Hbond substituents is 1. The van der Waals surface area contributed by atoms with Crippen molar-refractivity contribution in [1.29, 1.82) is 0 Å².